The second kappa shape index (κ2) is 6.31. The van der Waals surface area contributed by atoms with E-state index in [2.05, 4.69) is 33.5 Å². The van der Waals surface area contributed by atoms with Crippen LogP contribution in [0.4, 0.5) is 0 Å². The van der Waals surface area contributed by atoms with Gasteiger partial charge in [-0.2, -0.15) is 0 Å². The molecule has 0 saturated heterocycles. The molecule has 4 rings (SSSR count). The molecule has 6 nitrogen and oxygen atoms in total. The first kappa shape index (κ1) is 14.7. The molecule has 0 fully saturated rings. The Kier molecular flexibility index (Phi) is 3.86. The number of aryl methyl sites for hydroxylation is 2. The van der Waals surface area contributed by atoms with Crippen LogP contribution in [0.15, 0.2) is 42.7 Å². The highest BCUT2D eigenvalue weighted by atomic mass is 16.5. The van der Waals surface area contributed by atoms with E-state index in [1.165, 1.54) is 11.1 Å². The molecule has 3 heterocycles. The maximum atomic E-state index is 5.54. The third kappa shape index (κ3) is 2.95. The van der Waals surface area contributed by atoms with Crippen LogP contribution < -0.4 is 9.47 Å². The number of hydrogen-bond acceptors (Lipinski definition) is 5. The van der Waals surface area contributed by atoms with Crippen molar-refractivity contribution in [2.45, 2.75) is 19.4 Å². The minimum Gasteiger partial charge on any atom is -0.493 e. The summed E-state index contributed by atoms with van der Waals surface area (Å²) in [4.78, 5) is 4.20. The van der Waals surface area contributed by atoms with Crippen LogP contribution in [-0.2, 0) is 19.4 Å². The molecule has 0 atom stereocenters. The predicted octanol–water partition coefficient (Wildman–Crippen LogP) is 2.53. The van der Waals surface area contributed by atoms with Crippen LogP contribution in [0, 0.1) is 0 Å². The highest BCUT2D eigenvalue weighted by Crippen LogP contribution is 2.26. The lowest BCUT2D eigenvalue weighted by atomic mass is 10.1. The van der Waals surface area contributed by atoms with Gasteiger partial charge < -0.3 is 9.47 Å². The van der Waals surface area contributed by atoms with Gasteiger partial charge in [-0.15, -0.1) is 5.10 Å². The van der Waals surface area contributed by atoms with Crippen LogP contribution in [0.3, 0.4) is 0 Å². The van der Waals surface area contributed by atoms with Crippen LogP contribution in [0.5, 0.6) is 11.6 Å². The summed E-state index contributed by atoms with van der Waals surface area (Å²) in [6.45, 7) is 1.58. The fourth-order valence-corrected chi connectivity index (χ4v) is 2.83. The van der Waals surface area contributed by atoms with Crippen molar-refractivity contribution in [3.8, 4) is 22.9 Å². The largest absolute Gasteiger partial charge is 0.493 e. The second-order valence-corrected chi connectivity index (χ2v) is 5.75. The molecular formula is C18H18N4O2. The minimum atomic E-state index is 0.590. The lowest BCUT2D eigenvalue weighted by Crippen LogP contribution is -2.02. The molecule has 1 aliphatic rings. The standard InChI is InChI=1S/C18H18N4O2/c1-23-18-5-3-15(11-19-18)16-12-22(21-20-16)8-6-13-2-4-17-14(10-13)7-9-24-17/h2-5,10-12H,6-9H2,1H3. The van der Waals surface area contributed by atoms with Gasteiger partial charge in [-0.05, 0) is 29.7 Å². The Morgan fingerprint density at radius 2 is 2.21 bits per heavy atom. The number of pyridine rings is 1. The molecule has 0 unspecified atom stereocenters. The molecule has 1 aromatic carbocycles. The van der Waals surface area contributed by atoms with E-state index in [-0.39, 0.29) is 0 Å². The average molecular weight is 322 g/mol. The Bertz CT molecular complexity index is 842. The van der Waals surface area contributed by atoms with Crippen molar-refractivity contribution >= 4 is 0 Å². The zero-order valence-corrected chi connectivity index (χ0v) is 13.5. The van der Waals surface area contributed by atoms with Crippen molar-refractivity contribution in [2.24, 2.45) is 0 Å². The van der Waals surface area contributed by atoms with E-state index in [1.54, 1.807) is 13.3 Å². The maximum absolute atomic E-state index is 5.54. The molecule has 0 spiro atoms. The molecule has 0 N–H and O–H groups in total. The molecule has 0 aliphatic carbocycles. The highest BCUT2D eigenvalue weighted by molar-refractivity contribution is 5.56. The van der Waals surface area contributed by atoms with E-state index in [0.29, 0.717) is 5.88 Å². The van der Waals surface area contributed by atoms with Crippen LogP contribution in [0.1, 0.15) is 11.1 Å². The Hall–Kier alpha value is -2.89. The number of hydrogen-bond donors (Lipinski definition) is 0. The van der Waals surface area contributed by atoms with Gasteiger partial charge in [-0.25, -0.2) is 4.98 Å². The Labute approximate surface area is 140 Å². The molecule has 0 amide bonds. The molecular weight excluding hydrogens is 304 g/mol. The maximum Gasteiger partial charge on any atom is 0.212 e. The van der Waals surface area contributed by atoms with Crippen LogP contribution in [0.2, 0.25) is 0 Å². The van der Waals surface area contributed by atoms with Crippen LogP contribution in [-0.4, -0.2) is 33.7 Å². The number of benzene rings is 1. The van der Waals surface area contributed by atoms with Gasteiger partial charge in [0, 0.05) is 30.8 Å². The summed E-state index contributed by atoms with van der Waals surface area (Å²) in [5.74, 6) is 1.61. The highest BCUT2D eigenvalue weighted by Gasteiger charge is 2.12. The fraction of sp³-hybridized carbons (Fsp3) is 0.278. The van der Waals surface area contributed by atoms with Crippen LogP contribution in [0.25, 0.3) is 11.3 Å². The molecule has 122 valence electrons. The summed E-state index contributed by atoms with van der Waals surface area (Å²) in [6, 6.07) is 10.2. The lowest BCUT2D eigenvalue weighted by Gasteiger charge is -2.04. The summed E-state index contributed by atoms with van der Waals surface area (Å²) in [6.07, 6.45) is 5.60. The first-order chi connectivity index (χ1) is 11.8. The molecule has 6 heteroatoms. The SMILES string of the molecule is COc1ccc(-c2cn(CCc3ccc4c(c3)CCO4)nn2)cn1. The van der Waals surface area contributed by atoms with Gasteiger partial charge in [0.05, 0.1) is 19.9 Å². The Balaban J connectivity index is 1.43. The van der Waals surface area contributed by atoms with Gasteiger partial charge in [0.1, 0.15) is 11.4 Å². The van der Waals surface area contributed by atoms with Crippen molar-refractivity contribution in [1.82, 2.24) is 20.0 Å². The molecule has 24 heavy (non-hydrogen) atoms. The topological polar surface area (TPSA) is 62.1 Å². The number of rotatable bonds is 5. The lowest BCUT2D eigenvalue weighted by molar-refractivity contribution is 0.357. The van der Waals surface area contributed by atoms with Gasteiger partial charge >= 0.3 is 0 Å². The molecule has 0 saturated carbocycles. The van der Waals surface area contributed by atoms with E-state index < -0.39 is 0 Å². The first-order valence-electron chi connectivity index (χ1n) is 7.97. The predicted molar refractivity (Wildman–Crippen MR) is 89.2 cm³/mol. The zero-order chi connectivity index (χ0) is 16.4. The van der Waals surface area contributed by atoms with Crippen molar-refractivity contribution in [2.75, 3.05) is 13.7 Å². The zero-order valence-electron chi connectivity index (χ0n) is 13.5. The average Bonchev–Trinajstić information content (AvgIpc) is 3.29. The van der Waals surface area contributed by atoms with Gasteiger partial charge in [-0.1, -0.05) is 17.3 Å². The normalized spacial score (nSPS) is 12.7. The molecule has 0 radical (unpaired) electrons. The monoisotopic (exact) mass is 322 g/mol. The first-order valence-corrected chi connectivity index (χ1v) is 7.97. The van der Waals surface area contributed by atoms with Gasteiger partial charge in [0.25, 0.3) is 0 Å². The smallest absolute Gasteiger partial charge is 0.212 e. The Morgan fingerprint density at radius 3 is 3.04 bits per heavy atom. The van der Waals surface area contributed by atoms with E-state index in [4.69, 9.17) is 9.47 Å². The Morgan fingerprint density at radius 1 is 1.25 bits per heavy atom. The van der Waals surface area contributed by atoms with Gasteiger partial charge in [0.2, 0.25) is 5.88 Å². The minimum absolute atomic E-state index is 0.590. The number of nitrogens with zero attached hydrogens (tertiary/aromatic N) is 4. The number of methoxy groups -OCH3 is 1. The quantitative estimate of drug-likeness (QED) is 0.722. The molecule has 0 bridgehead atoms. The number of fused-ring (bicyclic) bond motifs is 1. The molecule has 1 aliphatic heterocycles. The summed E-state index contributed by atoms with van der Waals surface area (Å²) in [7, 11) is 1.60. The summed E-state index contributed by atoms with van der Waals surface area (Å²) < 4.78 is 12.5. The van der Waals surface area contributed by atoms with Crippen molar-refractivity contribution in [3.05, 3.63) is 53.9 Å². The summed E-state index contributed by atoms with van der Waals surface area (Å²) in [5.41, 5.74) is 4.34. The summed E-state index contributed by atoms with van der Waals surface area (Å²) >= 11 is 0. The van der Waals surface area contributed by atoms with E-state index in [9.17, 15) is 0 Å². The number of aromatic nitrogens is 4. The van der Waals surface area contributed by atoms with E-state index in [0.717, 1.165) is 43.0 Å². The van der Waals surface area contributed by atoms with Crippen molar-refractivity contribution in [1.29, 1.82) is 0 Å². The van der Waals surface area contributed by atoms with Gasteiger partial charge in [-0.3, -0.25) is 4.68 Å². The van der Waals surface area contributed by atoms with Crippen LogP contribution >= 0.6 is 0 Å². The second-order valence-electron chi connectivity index (χ2n) is 5.75. The van der Waals surface area contributed by atoms with E-state index >= 15 is 0 Å². The van der Waals surface area contributed by atoms with Crippen molar-refractivity contribution < 1.29 is 9.47 Å². The van der Waals surface area contributed by atoms with Crippen molar-refractivity contribution in [3.63, 3.8) is 0 Å². The van der Waals surface area contributed by atoms with E-state index in [1.807, 2.05) is 23.0 Å². The summed E-state index contributed by atoms with van der Waals surface area (Å²) in [5, 5.41) is 8.43. The molecule has 2 aromatic heterocycles. The molecule has 3 aromatic rings. The van der Waals surface area contributed by atoms with Gasteiger partial charge in [0.15, 0.2) is 0 Å². The third-order valence-electron chi connectivity index (χ3n) is 4.16. The fourth-order valence-electron chi connectivity index (χ4n) is 2.83. The third-order valence-corrected chi connectivity index (χ3v) is 4.16. The number of ether oxygens (including phenoxy) is 2.